The molecule has 2 heterocycles. The Morgan fingerprint density at radius 3 is 2.32 bits per heavy atom. The standard InChI is InChI=1S/C19H16ClN3O5/c1-9-17(24)22-16-12(8-21)13(10-4-6-11(20)7-5-10)14(18(25)27-2)15(23(9)16)19(26)28-3/h4-7,9,13H,1-3H3,(H,22,24). The fraction of sp³-hybridized carbons (Fsp3) is 0.263. The van der Waals surface area contributed by atoms with E-state index < -0.39 is 29.8 Å². The number of hydrogen-bond donors (Lipinski definition) is 1. The van der Waals surface area contributed by atoms with Gasteiger partial charge in [0.1, 0.15) is 17.6 Å². The molecule has 1 aromatic rings. The van der Waals surface area contributed by atoms with Crippen LogP contribution in [0.1, 0.15) is 18.4 Å². The quantitative estimate of drug-likeness (QED) is 0.766. The van der Waals surface area contributed by atoms with Crippen LogP contribution in [0, 0.1) is 11.3 Å². The van der Waals surface area contributed by atoms with Crippen LogP contribution in [0.15, 0.2) is 46.9 Å². The molecule has 1 N–H and O–H groups in total. The second kappa shape index (κ2) is 7.37. The smallest absolute Gasteiger partial charge is 0.355 e. The van der Waals surface area contributed by atoms with E-state index in [1.165, 1.54) is 19.1 Å². The number of carbonyl (C=O) groups is 3. The van der Waals surface area contributed by atoms with Gasteiger partial charge in [-0.3, -0.25) is 4.79 Å². The summed E-state index contributed by atoms with van der Waals surface area (Å²) in [6.07, 6.45) is 0. The molecule has 2 unspecified atom stereocenters. The largest absolute Gasteiger partial charge is 0.466 e. The average Bonchev–Trinajstić information content (AvgIpc) is 3.00. The molecular weight excluding hydrogens is 386 g/mol. The number of allylic oxidation sites excluding steroid dienone is 1. The molecule has 2 atom stereocenters. The van der Waals surface area contributed by atoms with Gasteiger partial charge >= 0.3 is 11.9 Å². The van der Waals surface area contributed by atoms with E-state index in [1.807, 2.05) is 0 Å². The summed E-state index contributed by atoms with van der Waals surface area (Å²) < 4.78 is 9.77. The summed E-state index contributed by atoms with van der Waals surface area (Å²) in [5.41, 5.74) is 0.409. The van der Waals surface area contributed by atoms with Gasteiger partial charge in [0.15, 0.2) is 0 Å². The molecule has 0 saturated carbocycles. The van der Waals surface area contributed by atoms with E-state index in [0.717, 1.165) is 0 Å². The van der Waals surface area contributed by atoms with Crippen LogP contribution in [0.2, 0.25) is 5.02 Å². The van der Waals surface area contributed by atoms with Gasteiger partial charge in [-0.2, -0.15) is 5.26 Å². The third-order valence-corrected chi connectivity index (χ3v) is 4.94. The SMILES string of the molecule is COC(=O)C1=C(C(=O)OC)N2C(=C(C#N)C1c1ccc(Cl)cc1)NC(=O)C2C. The van der Waals surface area contributed by atoms with Crippen LogP contribution in [-0.2, 0) is 23.9 Å². The highest BCUT2D eigenvalue weighted by molar-refractivity contribution is 6.30. The molecule has 1 aromatic carbocycles. The summed E-state index contributed by atoms with van der Waals surface area (Å²) >= 11 is 5.96. The van der Waals surface area contributed by atoms with Gasteiger partial charge in [-0.15, -0.1) is 0 Å². The number of rotatable bonds is 3. The van der Waals surface area contributed by atoms with Crippen LogP contribution in [0.25, 0.3) is 0 Å². The highest BCUT2D eigenvalue weighted by atomic mass is 35.5. The van der Waals surface area contributed by atoms with Crippen molar-refractivity contribution in [3.05, 3.63) is 57.5 Å². The zero-order valence-electron chi connectivity index (χ0n) is 15.3. The summed E-state index contributed by atoms with van der Waals surface area (Å²) in [5, 5.41) is 12.9. The Morgan fingerprint density at radius 1 is 1.18 bits per heavy atom. The number of nitriles is 1. The van der Waals surface area contributed by atoms with Gasteiger partial charge < -0.3 is 19.7 Å². The van der Waals surface area contributed by atoms with Crippen LogP contribution in [0.4, 0.5) is 0 Å². The number of halogens is 1. The number of amides is 1. The van der Waals surface area contributed by atoms with Crippen molar-refractivity contribution in [2.45, 2.75) is 18.9 Å². The lowest BCUT2D eigenvalue weighted by molar-refractivity contribution is -0.141. The topological polar surface area (TPSA) is 109 Å². The Kier molecular flexibility index (Phi) is 5.12. The molecule has 0 aliphatic carbocycles. The van der Waals surface area contributed by atoms with Gasteiger partial charge in [0.2, 0.25) is 5.91 Å². The van der Waals surface area contributed by atoms with Gasteiger partial charge in [0, 0.05) is 5.02 Å². The van der Waals surface area contributed by atoms with Crippen LogP contribution < -0.4 is 5.32 Å². The van der Waals surface area contributed by atoms with E-state index in [2.05, 4.69) is 11.4 Å². The second-order valence-electron chi connectivity index (χ2n) is 6.14. The third-order valence-electron chi connectivity index (χ3n) is 4.69. The number of fused-ring (bicyclic) bond motifs is 1. The number of nitrogens with zero attached hydrogens (tertiary/aromatic N) is 2. The first kappa shape index (κ1) is 19.5. The highest BCUT2D eigenvalue weighted by Gasteiger charge is 2.49. The van der Waals surface area contributed by atoms with Crippen molar-refractivity contribution >= 4 is 29.4 Å². The second-order valence-corrected chi connectivity index (χ2v) is 6.58. The van der Waals surface area contributed by atoms with Gasteiger partial charge in [0.25, 0.3) is 0 Å². The molecule has 1 saturated heterocycles. The predicted octanol–water partition coefficient (Wildman–Crippen LogP) is 1.59. The molecule has 0 aromatic heterocycles. The minimum atomic E-state index is -0.944. The van der Waals surface area contributed by atoms with E-state index in [0.29, 0.717) is 10.6 Å². The van der Waals surface area contributed by atoms with E-state index in [9.17, 15) is 19.6 Å². The Bertz CT molecular complexity index is 974. The molecule has 144 valence electrons. The molecular formula is C19H16ClN3O5. The summed E-state index contributed by atoms with van der Waals surface area (Å²) in [4.78, 5) is 38.9. The number of hydrogen-bond acceptors (Lipinski definition) is 7. The normalized spacial score (nSPS) is 21.1. The van der Waals surface area contributed by atoms with Gasteiger partial charge in [-0.05, 0) is 24.6 Å². The minimum Gasteiger partial charge on any atom is -0.466 e. The van der Waals surface area contributed by atoms with Crippen molar-refractivity contribution < 1.29 is 23.9 Å². The van der Waals surface area contributed by atoms with Gasteiger partial charge in [0.05, 0.1) is 37.4 Å². The first-order valence-electron chi connectivity index (χ1n) is 8.26. The zero-order chi connectivity index (χ0) is 20.6. The summed E-state index contributed by atoms with van der Waals surface area (Å²) in [6, 6.07) is 7.72. The molecule has 0 spiro atoms. The van der Waals surface area contributed by atoms with E-state index in [4.69, 9.17) is 21.1 Å². The molecule has 28 heavy (non-hydrogen) atoms. The zero-order valence-corrected chi connectivity index (χ0v) is 16.0. The maximum atomic E-state index is 12.7. The van der Waals surface area contributed by atoms with E-state index in [-0.39, 0.29) is 22.7 Å². The summed E-state index contributed by atoms with van der Waals surface area (Å²) in [7, 11) is 2.34. The van der Waals surface area contributed by atoms with Crippen molar-refractivity contribution in [3.63, 3.8) is 0 Å². The van der Waals surface area contributed by atoms with Crippen LogP contribution in [0.5, 0.6) is 0 Å². The van der Waals surface area contributed by atoms with Crippen LogP contribution in [0.3, 0.4) is 0 Å². The van der Waals surface area contributed by atoms with Crippen molar-refractivity contribution in [3.8, 4) is 6.07 Å². The number of nitrogens with one attached hydrogen (secondary N) is 1. The molecule has 2 aliphatic rings. The highest BCUT2D eigenvalue weighted by Crippen LogP contribution is 2.44. The average molecular weight is 402 g/mol. The van der Waals surface area contributed by atoms with Crippen LogP contribution >= 0.6 is 11.6 Å². The molecule has 0 bridgehead atoms. The molecule has 1 amide bonds. The number of methoxy groups -OCH3 is 2. The maximum Gasteiger partial charge on any atom is 0.355 e. The first-order chi connectivity index (χ1) is 13.3. The van der Waals surface area contributed by atoms with E-state index >= 15 is 0 Å². The fourth-order valence-corrected chi connectivity index (χ4v) is 3.50. The van der Waals surface area contributed by atoms with Crippen LogP contribution in [-0.4, -0.2) is 43.0 Å². The predicted molar refractivity (Wildman–Crippen MR) is 97.3 cm³/mol. The number of esters is 2. The maximum absolute atomic E-state index is 12.7. The molecule has 8 nitrogen and oxygen atoms in total. The molecule has 2 aliphatic heterocycles. The minimum absolute atomic E-state index is 0.0830. The number of ether oxygens (including phenoxy) is 2. The van der Waals surface area contributed by atoms with Crippen molar-refractivity contribution in [1.29, 1.82) is 5.26 Å². The Balaban J connectivity index is 2.38. The lowest BCUT2D eigenvalue weighted by Gasteiger charge is -2.34. The lowest BCUT2D eigenvalue weighted by Crippen LogP contribution is -2.39. The Morgan fingerprint density at radius 2 is 1.79 bits per heavy atom. The lowest BCUT2D eigenvalue weighted by atomic mass is 9.81. The molecule has 9 heteroatoms. The molecule has 1 fully saturated rings. The fourth-order valence-electron chi connectivity index (χ4n) is 3.38. The number of benzene rings is 1. The van der Waals surface area contributed by atoms with Crippen molar-refractivity contribution in [2.24, 2.45) is 0 Å². The van der Waals surface area contributed by atoms with E-state index in [1.54, 1.807) is 31.2 Å². The summed E-state index contributed by atoms with van der Waals surface area (Å²) in [6.45, 7) is 1.55. The monoisotopic (exact) mass is 401 g/mol. The van der Waals surface area contributed by atoms with Gasteiger partial charge in [-0.25, -0.2) is 9.59 Å². The van der Waals surface area contributed by atoms with Crippen molar-refractivity contribution in [2.75, 3.05) is 14.2 Å². The molecule has 3 rings (SSSR count). The van der Waals surface area contributed by atoms with Gasteiger partial charge in [-0.1, -0.05) is 23.7 Å². The first-order valence-corrected chi connectivity index (χ1v) is 8.64. The summed E-state index contributed by atoms with van der Waals surface area (Å²) in [5.74, 6) is -2.84. The number of carbonyl (C=O) groups excluding carboxylic acids is 3. The van der Waals surface area contributed by atoms with Crippen molar-refractivity contribution in [1.82, 2.24) is 10.2 Å². The molecule has 0 radical (unpaired) electrons. The Hall–Kier alpha value is -3.31. The Labute approximate surface area is 166 Å². The third kappa shape index (κ3) is 2.90.